The Kier molecular flexibility index (Phi) is 5.05. The molecule has 1 aromatic rings. The van der Waals surface area contributed by atoms with Crippen LogP contribution in [0, 0.1) is 10.1 Å². The molecule has 0 fully saturated rings. The maximum absolute atomic E-state index is 10.8. The van der Waals surface area contributed by atoms with Crippen molar-refractivity contribution in [2.75, 3.05) is 24.6 Å². The summed E-state index contributed by atoms with van der Waals surface area (Å²) in [6.07, 6.45) is 1.60. The smallest absolute Gasteiger partial charge is 0.329 e. The molecule has 7 nitrogen and oxygen atoms in total. The van der Waals surface area contributed by atoms with Gasteiger partial charge >= 0.3 is 5.69 Å². The van der Waals surface area contributed by atoms with Crippen LogP contribution in [0.5, 0.6) is 0 Å². The molecule has 94 valence electrons. The number of aliphatic hydroxyl groups is 1. The third kappa shape index (κ3) is 3.50. The van der Waals surface area contributed by atoms with Gasteiger partial charge in [0, 0.05) is 19.7 Å². The molecule has 1 aromatic heterocycles. The Morgan fingerprint density at radius 2 is 2.35 bits per heavy atom. The summed E-state index contributed by atoms with van der Waals surface area (Å²) < 4.78 is 0. The standard InChI is InChI=1S/C9H13ClN4O3/c1-2-13(4-3-5-15)8-7(14(16)17)6-11-9(10)12-8/h6,15H,2-5H2,1H3. The molecule has 17 heavy (non-hydrogen) atoms. The maximum Gasteiger partial charge on any atom is 0.329 e. The Hall–Kier alpha value is -1.47. The van der Waals surface area contributed by atoms with E-state index in [1.165, 1.54) is 0 Å². The lowest BCUT2D eigenvalue weighted by atomic mass is 10.3. The lowest BCUT2D eigenvalue weighted by Crippen LogP contribution is -2.26. The maximum atomic E-state index is 10.8. The summed E-state index contributed by atoms with van der Waals surface area (Å²) in [6, 6.07) is 0. The molecule has 0 radical (unpaired) electrons. The van der Waals surface area contributed by atoms with Crippen molar-refractivity contribution >= 4 is 23.1 Å². The first-order chi connectivity index (χ1) is 8.10. The highest BCUT2D eigenvalue weighted by Gasteiger charge is 2.21. The van der Waals surface area contributed by atoms with Crippen molar-refractivity contribution in [2.24, 2.45) is 0 Å². The number of nitrogens with zero attached hydrogens (tertiary/aromatic N) is 4. The second-order valence-electron chi connectivity index (χ2n) is 3.26. The van der Waals surface area contributed by atoms with E-state index in [4.69, 9.17) is 16.7 Å². The fraction of sp³-hybridized carbons (Fsp3) is 0.556. The molecule has 0 amide bonds. The molecule has 0 saturated carbocycles. The van der Waals surface area contributed by atoms with Gasteiger partial charge in [-0.2, -0.15) is 4.98 Å². The number of aliphatic hydroxyl groups excluding tert-OH is 1. The number of aromatic nitrogens is 2. The van der Waals surface area contributed by atoms with Gasteiger partial charge in [0.05, 0.1) is 4.92 Å². The fourth-order valence-electron chi connectivity index (χ4n) is 1.38. The van der Waals surface area contributed by atoms with E-state index in [0.717, 1.165) is 6.20 Å². The van der Waals surface area contributed by atoms with Gasteiger partial charge in [0.15, 0.2) is 0 Å². The Balaban J connectivity index is 3.06. The van der Waals surface area contributed by atoms with Crippen molar-refractivity contribution in [3.05, 3.63) is 21.6 Å². The summed E-state index contributed by atoms with van der Waals surface area (Å²) in [7, 11) is 0. The second-order valence-corrected chi connectivity index (χ2v) is 3.60. The van der Waals surface area contributed by atoms with E-state index in [2.05, 4.69) is 9.97 Å². The Morgan fingerprint density at radius 1 is 1.65 bits per heavy atom. The van der Waals surface area contributed by atoms with Crippen LogP contribution >= 0.6 is 11.6 Å². The van der Waals surface area contributed by atoms with E-state index >= 15 is 0 Å². The zero-order valence-corrected chi connectivity index (χ0v) is 10.1. The molecule has 0 saturated heterocycles. The van der Waals surface area contributed by atoms with Crippen molar-refractivity contribution in [3.8, 4) is 0 Å². The summed E-state index contributed by atoms with van der Waals surface area (Å²) in [5.41, 5.74) is -0.186. The van der Waals surface area contributed by atoms with E-state index in [-0.39, 0.29) is 23.4 Å². The molecular weight excluding hydrogens is 248 g/mol. The number of anilines is 1. The van der Waals surface area contributed by atoms with Crippen LogP contribution in [0.15, 0.2) is 6.20 Å². The average Bonchev–Trinajstić information content (AvgIpc) is 2.29. The lowest BCUT2D eigenvalue weighted by Gasteiger charge is -2.20. The molecule has 0 unspecified atom stereocenters. The second kappa shape index (κ2) is 6.31. The van der Waals surface area contributed by atoms with Crippen LogP contribution in [0.4, 0.5) is 11.5 Å². The molecule has 1 N–H and O–H groups in total. The molecule has 0 atom stereocenters. The topological polar surface area (TPSA) is 92.4 Å². The first kappa shape index (κ1) is 13.6. The molecule has 0 spiro atoms. The van der Waals surface area contributed by atoms with Crippen molar-refractivity contribution in [1.29, 1.82) is 0 Å². The molecule has 0 aromatic carbocycles. The van der Waals surface area contributed by atoms with E-state index < -0.39 is 4.92 Å². The van der Waals surface area contributed by atoms with Crippen LogP contribution in [0.3, 0.4) is 0 Å². The summed E-state index contributed by atoms with van der Waals surface area (Å²) in [5.74, 6) is 0.186. The number of hydrogen-bond donors (Lipinski definition) is 1. The molecule has 8 heteroatoms. The average molecular weight is 261 g/mol. The highest BCUT2D eigenvalue weighted by Crippen LogP contribution is 2.25. The number of halogens is 1. The largest absolute Gasteiger partial charge is 0.396 e. The zero-order valence-electron chi connectivity index (χ0n) is 9.34. The van der Waals surface area contributed by atoms with Gasteiger partial charge in [0.25, 0.3) is 0 Å². The molecule has 0 aliphatic heterocycles. The number of hydrogen-bond acceptors (Lipinski definition) is 6. The highest BCUT2D eigenvalue weighted by molar-refractivity contribution is 6.28. The van der Waals surface area contributed by atoms with Crippen LogP contribution in [0.25, 0.3) is 0 Å². The minimum Gasteiger partial charge on any atom is -0.396 e. The fourth-order valence-corrected chi connectivity index (χ4v) is 1.51. The predicted molar refractivity (Wildman–Crippen MR) is 63.3 cm³/mol. The van der Waals surface area contributed by atoms with Gasteiger partial charge in [-0.05, 0) is 24.9 Å². The van der Waals surface area contributed by atoms with E-state index in [1.54, 1.807) is 4.90 Å². The quantitative estimate of drug-likeness (QED) is 0.470. The number of rotatable bonds is 6. The first-order valence-corrected chi connectivity index (χ1v) is 5.50. The van der Waals surface area contributed by atoms with Crippen LogP contribution in [-0.4, -0.2) is 39.7 Å². The zero-order chi connectivity index (χ0) is 12.8. The van der Waals surface area contributed by atoms with Crippen LogP contribution in [0.2, 0.25) is 5.28 Å². The van der Waals surface area contributed by atoms with E-state index in [0.29, 0.717) is 19.5 Å². The van der Waals surface area contributed by atoms with Gasteiger partial charge in [-0.1, -0.05) is 0 Å². The minimum absolute atomic E-state index is 0.0170. The van der Waals surface area contributed by atoms with Gasteiger partial charge in [0.2, 0.25) is 11.1 Å². The predicted octanol–water partition coefficient (Wildman–Crippen LogP) is 1.25. The van der Waals surface area contributed by atoms with Gasteiger partial charge in [-0.3, -0.25) is 10.1 Å². The van der Waals surface area contributed by atoms with Gasteiger partial charge in [-0.25, -0.2) is 4.98 Å². The third-order valence-electron chi connectivity index (χ3n) is 2.18. The van der Waals surface area contributed by atoms with Crippen LogP contribution in [-0.2, 0) is 0 Å². The first-order valence-electron chi connectivity index (χ1n) is 5.12. The van der Waals surface area contributed by atoms with Crippen molar-refractivity contribution in [3.63, 3.8) is 0 Å². The normalized spacial score (nSPS) is 10.3. The lowest BCUT2D eigenvalue weighted by molar-refractivity contribution is -0.384. The Morgan fingerprint density at radius 3 is 2.88 bits per heavy atom. The third-order valence-corrected chi connectivity index (χ3v) is 2.37. The van der Waals surface area contributed by atoms with Gasteiger partial charge in [0.1, 0.15) is 6.20 Å². The van der Waals surface area contributed by atoms with E-state index in [9.17, 15) is 10.1 Å². The van der Waals surface area contributed by atoms with E-state index in [1.807, 2.05) is 6.92 Å². The molecule has 0 aliphatic rings. The van der Waals surface area contributed by atoms with Gasteiger partial charge < -0.3 is 10.0 Å². The highest BCUT2D eigenvalue weighted by atomic mass is 35.5. The molecule has 0 bridgehead atoms. The molecule has 1 rings (SSSR count). The Labute approximate surface area is 103 Å². The van der Waals surface area contributed by atoms with Crippen LogP contribution in [0.1, 0.15) is 13.3 Å². The number of nitro groups is 1. The van der Waals surface area contributed by atoms with Crippen molar-refractivity contribution in [1.82, 2.24) is 9.97 Å². The SMILES string of the molecule is CCN(CCCO)c1nc(Cl)ncc1[N+](=O)[O-]. The molecule has 1 heterocycles. The summed E-state index contributed by atoms with van der Waals surface area (Å²) in [4.78, 5) is 19.4. The minimum atomic E-state index is -0.548. The summed E-state index contributed by atoms with van der Waals surface area (Å²) in [5, 5.41) is 19.6. The van der Waals surface area contributed by atoms with Crippen molar-refractivity contribution < 1.29 is 10.0 Å². The summed E-state index contributed by atoms with van der Waals surface area (Å²) in [6.45, 7) is 2.87. The Bertz CT molecular complexity index is 402. The monoisotopic (exact) mass is 260 g/mol. The van der Waals surface area contributed by atoms with Crippen molar-refractivity contribution in [2.45, 2.75) is 13.3 Å². The summed E-state index contributed by atoms with van der Waals surface area (Å²) >= 11 is 5.64. The van der Waals surface area contributed by atoms with Crippen LogP contribution < -0.4 is 4.90 Å². The van der Waals surface area contributed by atoms with Gasteiger partial charge in [-0.15, -0.1) is 0 Å². The molecule has 0 aliphatic carbocycles. The molecular formula is C9H13ClN4O3.